The zero-order valence-electron chi connectivity index (χ0n) is 20.5. The van der Waals surface area contributed by atoms with Gasteiger partial charge in [-0.25, -0.2) is 4.79 Å². The normalized spacial score (nSPS) is 12.0. The van der Waals surface area contributed by atoms with Gasteiger partial charge in [0.15, 0.2) is 4.80 Å². The van der Waals surface area contributed by atoms with Crippen LogP contribution in [0.4, 0.5) is 4.79 Å². The molecule has 1 heterocycles. The van der Waals surface area contributed by atoms with E-state index in [1.807, 2.05) is 0 Å². The molecule has 0 saturated heterocycles. The van der Waals surface area contributed by atoms with Gasteiger partial charge in [0.2, 0.25) is 0 Å². The summed E-state index contributed by atoms with van der Waals surface area (Å²) in [6, 6.07) is 6.07. The molecule has 0 fully saturated rings. The smallest absolute Gasteiger partial charge is 0.436 e. The topological polar surface area (TPSA) is 165 Å². The zero-order chi connectivity index (χ0) is 25.6. The third-order valence-electron chi connectivity index (χ3n) is 4.37. The van der Waals surface area contributed by atoms with Crippen LogP contribution in [0.2, 0.25) is 0 Å². The second kappa shape index (κ2) is 12.8. The Labute approximate surface area is 228 Å². The van der Waals surface area contributed by atoms with E-state index in [0.29, 0.717) is 20.9 Å². The first kappa shape index (κ1) is 30.2. The Morgan fingerprint density at radius 1 is 1.14 bits per heavy atom. The van der Waals surface area contributed by atoms with Gasteiger partial charge in [0.25, 0.3) is 11.8 Å². The molecule has 35 heavy (non-hydrogen) atoms. The van der Waals surface area contributed by atoms with Crippen LogP contribution in [0, 0.1) is 6.92 Å². The molecule has 0 aliphatic heterocycles. The number of aliphatic imine (C=N–C) groups is 1. The van der Waals surface area contributed by atoms with Gasteiger partial charge in [-0.2, -0.15) is 9.98 Å². The number of aliphatic carboxylic acids is 1. The number of carboxylic acid groups (broad SMARTS) is 1. The molecule has 13 heteroatoms. The Morgan fingerprint density at radius 3 is 2.26 bits per heavy atom. The summed E-state index contributed by atoms with van der Waals surface area (Å²) in [4.78, 5) is 55.8. The van der Waals surface area contributed by atoms with E-state index in [1.54, 1.807) is 39.3 Å². The summed E-state index contributed by atoms with van der Waals surface area (Å²) in [5.74, 6) is -2.04. The standard InChI is InChI=1S/C22H27N5O6S.Na/c1-12-16(19(31)24-11-10-15(28)29)34-20(27(12)5)26-18(30)14-8-6-13(7-9-14)17(23)25-21(32)33-22(2,3)4;/h6-9H,10-11H2,1-5H3,(H,24,31)(H,28,29)(H2,23,25,32);. The predicted molar refractivity (Wildman–Crippen MR) is 132 cm³/mol. The molecule has 0 aliphatic rings. The Hall–Kier alpha value is -2.80. The zero-order valence-corrected chi connectivity index (χ0v) is 23.4. The van der Waals surface area contributed by atoms with Crippen molar-refractivity contribution >= 4 is 70.6 Å². The number of nitrogens with zero attached hydrogens (tertiary/aromatic N) is 3. The van der Waals surface area contributed by atoms with Crippen LogP contribution in [0.15, 0.2) is 34.3 Å². The van der Waals surface area contributed by atoms with Crippen LogP contribution in [0.3, 0.4) is 0 Å². The summed E-state index contributed by atoms with van der Waals surface area (Å²) in [5, 5.41) is 11.2. The van der Waals surface area contributed by atoms with Crippen molar-refractivity contribution in [3.63, 3.8) is 0 Å². The van der Waals surface area contributed by atoms with Crippen molar-refractivity contribution in [3.8, 4) is 0 Å². The van der Waals surface area contributed by atoms with Crippen molar-refractivity contribution in [1.29, 1.82) is 0 Å². The maximum atomic E-state index is 12.6. The van der Waals surface area contributed by atoms with Gasteiger partial charge in [-0.05, 0) is 39.8 Å². The van der Waals surface area contributed by atoms with Gasteiger partial charge >= 0.3 is 12.1 Å². The molecule has 2 aromatic rings. The summed E-state index contributed by atoms with van der Waals surface area (Å²) in [6.45, 7) is 6.83. The Kier molecular flexibility index (Phi) is 11.0. The SMILES string of the molecule is Cc1c(C(=O)NCCC(=O)O)sc(=NC(=O)c2ccc(/C(N)=N/C(=O)OC(C)(C)C)cc2)n1C.[Na]. The fourth-order valence-electron chi connectivity index (χ4n) is 2.58. The summed E-state index contributed by atoms with van der Waals surface area (Å²) >= 11 is 1.02. The number of aromatic nitrogens is 1. The van der Waals surface area contributed by atoms with E-state index in [-0.39, 0.29) is 53.9 Å². The van der Waals surface area contributed by atoms with E-state index in [2.05, 4.69) is 15.3 Å². The molecule has 0 aliphatic carbocycles. The van der Waals surface area contributed by atoms with E-state index in [4.69, 9.17) is 15.6 Å². The van der Waals surface area contributed by atoms with E-state index >= 15 is 0 Å². The summed E-state index contributed by atoms with van der Waals surface area (Å²) in [5.41, 5.74) is 6.44. The predicted octanol–water partition coefficient (Wildman–Crippen LogP) is 1.60. The molecule has 1 aromatic carbocycles. The molecular formula is C22H27N5NaO6S. The minimum Gasteiger partial charge on any atom is -0.481 e. The van der Waals surface area contributed by atoms with Crippen molar-refractivity contribution in [2.24, 2.45) is 22.8 Å². The maximum absolute atomic E-state index is 12.6. The van der Waals surface area contributed by atoms with E-state index < -0.39 is 29.5 Å². The van der Waals surface area contributed by atoms with Gasteiger partial charge in [0.1, 0.15) is 16.3 Å². The summed E-state index contributed by atoms with van der Waals surface area (Å²) in [7, 11) is 1.67. The van der Waals surface area contributed by atoms with Crippen LogP contribution >= 0.6 is 11.3 Å². The van der Waals surface area contributed by atoms with E-state index in [0.717, 1.165) is 11.3 Å². The van der Waals surface area contributed by atoms with Crippen molar-refractivity contribution in [3.05, 3.63) is 50.8 Å². The molecule has 11 nitrogen and oxygen atoms in total. The van der Waals surface area contributed by atoms with Crippen molar-refractivity contribution in [2.45, 2.75) is 39.7 Å². The molecule has 0 saturated carbocycles. The van der Waals surface area contributed by atoms with Crippen LogP contribution in [0.1, 0.15) is 58.5 Å². The number of thiazole rings is 1. The fraction of sp³-hybridized carbons (Fsp3) is 0.364. The van der Waals surface area contributed by atoms with Gasteiger partial charge in [0, 0.05) is 60.0 Å². The molecule has 4 N–H and O–H groups in total. The first-order valence-electron chi connectivity index (χ1n) is 10.2. The number of carbonyl (C=O) groups is 4. The maximum Gasteiger partial charge on any atom is 0.436 e. The molecule has 0 atom stereocenters. The van der Waals surface area contributed by atoms with Crippen LogP contribution < -0.4 is 15.9 Å². The number of rotatable bonds is 6. The molecule has 3 amide bonds. The largest absolute Gasteiger partial charge is 0.481 e. The Bertz CT molecular complexity index is 1210. The number of carbonyl (C=O) groups excluding carboxylic acids is 3. The van der Waals surface area contributed by atoms with Crippen molar-refractivity contribution in [2.75, 3.05) is 6.54 Å². The monoisotopic (exact) mass is 512 g/mol. The summed E-state index contributed by atoms with van der Waals surface area (Å²) < 4.78 is 6.70. The Morgan fingerprint density at radius 2 is 1.71 bits per heavy atom. The Balaban J connectivity index is 0.00000612. The minimum atomic E-state index is -1.01. The molecular weight excluding hydrogens is 485 g/mol. The van der Waals surface area contributed by atoms with E-state index in [1.165, 1.54) is 24.3 Å². The fourth-order valence-corrected chi connectivity index (χ4v) is 3.62. The second-order valence-electron chi connectivity index (χ2n) is 8.23. The van der Waals surface area contributed by atoms with Crippen molar-refractivity contribution < 1.29 is 29.0 Å². The third kappa shape index (κ3) is 9.06. The summed E-state index contributed by atoms with van der Waals surface area (Å²) in [6.07, 6.45) is -1.01. The van der Waals surface area contributed by atoms with Crippen LogP contribution in [-0.2, 0) is 16.6 Å². The van der Waals surface area contributed by atoms with E-state index in [9.17, 15) is 19.2 Å². The first-order valence-corrected chi connectivity index (χ1v) is 11.0. The van der Waals surface area contributed by atoms with Gasteiger partial charge in [-0.15, -0.1) is 0 Å². The number of amidine groups is 1. The molecule has 2 rings (SSSR count). The first-order chi connectivity index (χ1) is 15.8. The molecule has 1 radical (unpaired) electrons. The molecule has 0 bridgehead atoms. The number of carboxylic acids is 1. The molecule has 0 unspecified atom stereocenters. The number of benzene rings is 1. The number of nitrogens with two attached hydrogens (primary N) is 1. The molecule has 183 valence electrons. The number of ether oxygens (including phenoxy) is 1. The van der Waals surface area contributed by atoms with Gasteiger partial charge in [-0.3, -0.25) is 14.4 Å². The van der Waals surface area contributed by atoms with Gasteiger partial charge < -0.3 is 25.5 Å². The average Bonchev–Trinajstić information content (AvgIpc) is 3.00. The van der Waals surface area contributed by atoms with Gasteiger partial charge in [-0.1, -0.05) is 23.5 Å². The number of amides is 3. The van der Waals surface area contributed by atoms with Crippen LogP contribution in [-0.4, -0.2) is 81.1 Å². The van der Waals surface area contributed by atoms with Gasteiger partial charge in [0.05, 0.1) is 6.42 Å². The average molecular weight is 513 g/mol. The molecule has 1 aromatic heterocycles. The number of hydrogen-bond acceptors (Lipinski definition) is 6. The minimum absolute atomic E-state index is 0. The second-order valence-corrected chi connectivity index (χ2v) is 9.21. The van der Waals surface area contributed by atoms with Crippen molar-refractivity contribution in [1.82, 2.24) is 9.88 Å². The van der Waals surface area contributed by atoms with Crippen LogP contribution in [0.25, 0.3) is 0 Å². The third-order valence-corrected chi connectivity index (χ3v) is 5.61. The molecule has 0 spiro atoms. The number of hydrogen-bond donors (Lipinski definition) is 3. The number of nitrogens with one attached hydrogen (secondary N) is 1. The quantitative estimate of drug-likeness (QED) is 0.300. The van der Waals surface area contributed by atoms with Crippen LogP contribution in [0.5, 0.6) is 0 Å².